The van der Waals surface area contributed by atoms with Gasteiger partial charge in [0, 0.05) is 10.3 Å². The molecular formula is C13H9F4NO2S2. The molecule has 0 aliphatic rings. The van der Waals surface area contributed by atoms with Crippen LogP contribution in [0.1, 0.15) is 21.1 Å². The molecule has 9 heteroatoms. The van der Waals surface area contributed by atoms with Crippen LogP contribution in [-0.4, -0.2) is 17.2 Å². The first kappa shape index (κ1) is 16.8. The average molecular weight is 351 g/mol. The van der Waals surface area contributed by atoms with Gasteiger partial charge in [-0.1, -0.05) is 6.07 Å². The van der Waals surface area contributed by atoms with Crippen LogP contribution in [0.15, 0.2) is 28.5 Å². The van der Waals surface area contributed by atoms with E-state index in [9.17, 15) is 22.4 Å². The lowest BCUT2D eigenvalue weighted by Crippen LogP contribution is -2.10. The van der Waals surface area contributed by atoms with Gasteiger partial charge in [-0.3, -0.25) is 0 Å². The molecule has 0 unspecified atom stereocenters. The van der Waals surface area contributed by atoms with Crippen LogP contribution >= 0.6 is 23.1 Å². The van der Waals surface area contributed by atoms with Gasteiger partial charge < -0.3 is 4.74 Å². The first-order valence-corrected chi connectivity index (χ1v) is 7.94. The lowest BCUT2D eigenvalue weighted by atomic mass is 10.2. The number of halogens is 4. The Hall–Kier alpha value is -1.61. The minimum Gasteiger partial charge on any atom is -0.455 e. The molecule has 2 aromatic rings. The minimum absolute atomic E-state index is 0.0114. The number of alkyl halides is 3. The fraction of sp³-hybridized carbons (Fsp3) is 0.231. The summed E-state index contributed by atoms with van der Waals surface area (Å²) in [6.07, 6.45) is -2.88. The Morgan fingerprint density at radius 2 is 2.14 bits per heavy atom. The van der Waals surface area contributed by atoms with E-state index in [1.54, 1.807) is 12.3 Å². The molecule has 0 aliphatic heterocycles. The van der Waals surface area contributed by atoms with Gasteiger partial charge >= 0.3 is 12.1 Å². The summed E-state index contributed by atoms with van der Waals surface area (Å²) in [6, 6.07) is 4.12. The summed E-state index contributed by atoms with van der Waals surface area (Å²) in [7, 11) is 0. The van der Waals surface area contributed by atoms with Crippen molar-refractivity contribution in [2.45, 2.75) is 17.7 Å². The van der Waals surface area contributed by atoms with Crippen LogP contribution in [0.25, 0.3) is 0 Å². The van der Waals surface area contributed by atoms with Gasteiger partial charge in [0.25, 0.3) is 0 Å². The molecule has 1 heterocycles. The Bertz CT molecular complexity index is 685. The molecule has 0 bridgehead atoms. The molecule has 3 nitrogen and oxygen atoms in total. The summed E-state index contributed by atoms with van der Waals surface area (Å²) < 4.78 is 55.8. The van der Waals surface area contributed by atoms with Crippen LogP contribution < -0.4 is 0 Å². The highest BCUT2D eigenvalue weighted by Crippen LogP contribution is 2.30. The van der Waals surface area contributed by atoms with Crippen molar-refractivity contribution in [3.05, 3.63) is 45.7 Å². The van der Waals surface area contributed by atoms with Gasteiger partial charge in [0.05, 0.1) is 0 Å². The molecule has 22 heavy (non-hydrogen) atoms. The van der Waals surface area contributed by atoms with E-state index in [2.05, 4.69) is 4.98 Å². The molecule has 0 spiro atoms. The van der Waals surface area contributed by atoms with E-state index >= 15 is 0 Å². The molecule has 2 rings (SSSR count). The van der Waals surface area contributed by atoms with E-state index in [1.165, 1.54) is 6.07 Å². The standard InChI is InChI=1S/C13H9F4NO2S2/c1-21-8-4-2-3-7(14)11(8)12(19)20-5-10-18-9(6-22-10)13(15,16)17/h2-4,6H,5H2,1H3. The molecule has 0 N–H and O–H groups in total. The number of benzene rings is 1. The number of carbonyl (C=O) groups excluding carboxylic acids is 1. The second-order valence-corrected chi connectivity index (χ2v) is 5.81. The minimum atomic E-state index is -4.55. The van der Waals surface area contributed by atoms with Crippen molar-refractivity contribution in [1.82, 2.24) is 4.98 Å². The van der Waals surface area contributed by atoms with Crippen LogP contribution in [0.2, 0.25) is 0 Å². The number of hydrogen-bond donors (Lipinski definition) is 0. The molecule has 0 fully saturated rings. The number of carbonyl (C=O) groups is 1. The molecule has 1 aromatic heterocycles. The van der Waals surface area contributed by atoms with Crippen molar-refractivity contribution in [3.8, 4) is 0 Å². The number of thioether (sulfide) groups is 1. The van der Waals surface area contributed by atoms with Crippen molar-refractivity contribution in [2.24, 2.45) is 0 Å². The van der Waals surface area contributed by atoms with Gasteiger partial charge in [0.1, 0.15) is 23.0 Å². The van der Waals surface area contributed by atoms with Crippen LogP contribution in [0.3, 0.4) is 0 Å². The van der Waals surface area contributed by atoms with E-state index in [0.29, 0.717) is 4.90 Å². The average Bonchev–Trinajstić information content (AvgIpc) is 2.93. The zero-order valence-electron chi connectivity index (χ0n) is 11.1. The van der Waals surface area contributed by atoms with Crippen molar-refractivity contribution < 1.29 is 27.1 Å². The molecule has 0 aliphatic carbocycles. The third-order valence-corrected chi connectivity index (χ3v) is 4.17. The van der Waals surface area contributed by atoms with Gasteiger partial charge in [-0.25, -0.2) is 14.2 Å². The Labute approximate surface area is 131 Å². The third-order valence-electron chi connectivity index (χ3n) is 2.57. The molecule has 1 aromatic carbocycles. The Balaban J connectivity index is 2.09. The van der Waals surface area contributed by atoms with Gasteiger partial charge in [0.2, 0.25) is 0 Å². The predicted octanol–water partition coefficient (Wildman–Crippen LogP) is 4.38. The molecular weight excluding hydrogens is 342 g/mol. The first-order valence-electron chi connectivity index (χ1n) is 5.84. The van der Waals surface area contributed by atoms with Crippen LogP contribution in [0, 0.1) is 5.82 Å². The summed E-state index contributed by atoms with van der Waals surface area (Å²) >= 11 is 1.88. The highest BCUT2D eigenvalue weighted by atomic mass is 32.2. The van der Waals surface area contributed by atoms with E-state index in [4.69, 9.17) is 4.74 Å². The lowest BCUT2D eigenvalue weighted by molar-refractivity contribution is -0.140. The number of hydrogen-bond acceptors (Lipinski definition) is 5. The second-order valence-electron chi connectivity index (χ2n) is 4.02. The van der Waals surface area contributed by atoms with Gasteiger partial charge in [-0.05, 0) is 18.4 Å². The van der Waals surface area contributed by atoms with Gasteiger partial charge in [-0.2, -0.15) is 13.2 Å². The summed E-state index contributed by atoms with van der Waals surface area (Å²) in [5, 5.41) is 0.822. The van der Waals surface area contributed by atoms with E-state index in [0.717, 1.165) is 34.5 Å². The van der Waals surface area contributed by atoms with Crippen LogP contribution in [-0.2, 0) is 17.5 Å². The van der Waals surface area contributed by atoms with E-state index in [1.807, 2.05) is 0 Å². The molecule has 0 saturated heterocycles. The quantitative estimate of drug-likeness (QED) is 0.466. The van der Waals surface area contributed by atoms with Crippen LogP contribution in [0.5, 0.6) is 0 Å². The Morgan fingerprint density at radius 1 is 1.41 bits per heavy atom. The molecule has 0 atom stereocenters. The smallest absolute Gasteiger partial charge is 0.434 e. The number of rotatable bonds is 4. The number of ether oxygens (including phenoxy) is 1. The van der Waals surface area contributed by atoms with Crippen molar-refractivity contribution in [3.63, 3.8) is 0 Å². The number of esters is 1. The molecule has 0 saturated carbocycles. The third kappa shape index (κ3) is 3.77. The Morgan fingerprint density at radius 3 is 2.73 bits per heavy atom. The molecule has 0 amide bonds. The highest BCUT2D eigenvalue weighted by Gasteiger charge is 2.33. The zero-order chi connectivity index (χ0) is 16.3. The summed E-state index contributed by atoms with van der Waals surface area (Å²) in [6.45, 7) is -0.443. The number of aromatic nitrogens is 1. The summed E-state index contributed by atoms with van der Waals surface area (Å²) in [5.41, 5.74) is -1.28. The lowest BCUT2D eigenvalue weighted by Gasteiger charge is -2.08. The number of nitrogens with zero attached hydrogens (tertiary/aromatic N) is 1. The normalized spacial score (nSPS) is 11.5. The summed E-state index contributed by atoms with van der Waals surface area (Å²) in [5.74, 6) is -1.68. The fourth-order valence-corrected chi connectivity index (χ4v) is 2.89. The largest absolute Gasteiger partial charge is 0.455 e. The zero-order valence-corrected chi connectivity index (χ0v) is 12.7. The van der Waals surface area contributed by atoms with Crippen molar-refractivity contribution in [1.29, 1.82) is 0 Å². The topological polar surface area (TPSA) is 39.2 Å². The summed E-state index contributed by atoms with van der Waals surface area (Å²) in [4.78, 5) is 15.6. The van der Waals surface area contributed by atoms with Crippen LogP contribution in [0.4, 0.5) is 17.6 Å². The monoisotopic (exact) mass is 351 g/mol. The highest BCUT2D eigenvalue weighted by molar-refractivity contribution is 7.98. The maximum absolute atomic E-state index is 13.7. The molecule has 118 valence electrons. The SMILES string of the molecule is CSc1cccc(F)c1C(=O)OCc1nc(C(F)(F)F)cs1. The van der Waals surface area contributed by atoms with E-state index < -0.39 is 30.3 Å². The fourth-order valence-electron chi connectivity index (χ4n) is 1.58. The van der Waals surface area contributed by atoms with Gasteiger partial charge in [0.15, 0.2) is 5.69 Å². The number of thiazole rings is 1. The molecule has 0 radical (unpaired) electrons. The predicted molar refractivity (Wildman–Crippen MR) is 74.4 cm³/mol. The van der Waals surface area contributed by atoms with Gasteiger partial charge in [-0.15, -0.1) is 23.1 Å². The second kappa shape index (κ2) is 6.66. The maximum atomic E-state index is 13.7. The van der Waals surface area contributed by atoms with Crippen molar-refractivity contribution >= 4 is 29.1 Å². The van der Waals surface area contributed by atoms with Crippen molar-refractivity contribution in [2.75, 3.05) is 6.26 Å². The van der Waals surface area contributed by atoms with E-state index in [-0.39, 0.29) is 10.6 Å². The Kier molecular flexibility index (Phi) is 5.07. The maximum Gasteiger partial charge on any atom is 0.434 e. The first-order chi connectivity index (χ1) is 10.3.